The largest absolute Gasteiger partial charge is 0.733 e. The summed E-state index contributed by atoms with van der Waals surface area (Å²) in [5, 5.41) is 14.8. The van der Waals surface area contributed by atoms with Crippen LogP contribution in [0.1, 0.15) is 53.9 Å². The van der Waals surface area contributed by atoms with E-state index in [0.29, 0.717) is 19.3 Å². The third kappa shape index (κ3) is 7.46. The fraction of sp³-hybridized carbons (Fsp3) is 0.632. The molecule has 0 bridgehead atoms. The van der Waals surface area contributed by atoms with Crippen LogP contribution in [-0.4, -0.2) is 39.3 Å². The Hall–Kier alpha value is -1.88. The van der Waals surface area contributed by atoms with Crippen LogP contribution in [0.3, 0.4) is 0 Å². The number of nitrogens with zero attached hydrogens (tertiary/aromatic N) is 1. The highest BCUT2D eigenvalue weighted by molar-refractivity contribution is 7.89. The van der Waals surface area contributed by atoms with Crippen LogP contribution < -0.4 is 15.3 Å². The zero-order valence-electron chi connectivity index (χ0n) is 17.9. The number of amides is 1. The van der Waals surface area contributed by atoms with Crippen LogP contribution in [0, 0.1) is 5.21 Å². The molecule has 1 rings (SSSR count). The van der Waals surface area contributed by atoms with E-state index in [1.165, 1.54) is 18.2 Å². The third-order valence-electron chi connectivity index (χ3n) is 4.53. The molecule has 9 nitrogen and oxygen atoms in total. The van der Waals surface area contributed by atoms with E-state index >= 15 is 0 Å². The van der Waals surface area contributed by atoms with Gasteiger partial charge in [0.15, 0.2) is 0 Å². The van der Waals surface area contributed by atoms with E-state index in [1.54, 1.807) is 26.8 Å². The SMILES string of the molecule is CCC(CC)(CCNS(=O)(=O)c1ccccc1N([O-])OC)NC(=O)OC(C)(C)C. The lowest BCUT2D eigenvalue weighted by Gasteiger charge is -2.34. The predicted octanol–water partition coefficient (Wildman–Crippen LogP) is 3.30. The van der Waals surface area contributed by atoms with Crippen molar-refractivity contribution in [1.82, 2.24) is 10.0 Å². The van der Waals surface area contributed by atoms with Gasteiger partial charge in [-0.05, 0) is 52.2 Å². The first kappa shape index (κ1) is 25.2. The lowest BCUT2D eigenvalue weighted by Crippen LogP contribution is -2.51. The molecule has 0 unspecified atom stereocenters. The molecule has 166 valence electrons. The van der Waals surface area contributed by atoms with Crippen LogP contribution >= 0.6 is 0 Å². The van der Waals surface area contributed by atoms with Gasteiger partial charge in [-0.15, -0.1) is 0 Å². The predicted molar refractivity (Wildman–Crippen MR) is 112 cm³/mol. The summed E-state index contributed by atoms with van der Waals surface area (Å²) in [6.07, 6.45) is 1.00. The van der Waals surface area contributed by atoms with Gasteiger partial charge in [0.25, 0.3) is 0 Å². The van der Waals surface area contributed by atoms with E-state index in [1.807, 2.05) is 13.8 Å². The monoisotopic (exact) mass is 430 g/mol. The van der Waals surface area contributed by atoms with Crippen LogP contribution in [0.25, 0.3) is 0 Å². The van der Waals surface area contributed by atoms with Gasteiger partial charge in [-0.2, -0.15) is 0 Å². The Morgan fingerprint density at radius 3 is 2.28 bits per heavy atom. The first-order valence-electron chi connectivity index (χ1n) is 9.51. The molecule has 0 heterocycles. The third-order valence-corrected chi connectivity index (χ3v) is 6.04. The number of nitrogens with one attached hydrogen (secondary N) is 2. The van der Waals surface area contributed by atoms with Crippen molar-refractivity contribution in [2.45, 2.75) is 69.9 Å². The molecule has 0 saturated heterocycles. The van der Waals surface area contributed by atoms with Crippen LogP contribution in [0.2, 0.25) is 0 Å². The first-order valence-corrected chi connectivity index (χ1v) is 11.0. The second-order valence-electron chi connectivity index (χ2n) is 7.67. The fourth-order valence-corrected chi connectivity index (χ4v) is 4.00. The lowest BCUT2D eigenvalue weighted by atomic mass is 9.89. The number of anilines is 1. The number of ether oxygens (including phenoxy) is 1. The second-order valence-corrected chi connectivity index (χ2v) is 9.40. The Labute approximate surface area is 173 Å². The number of alkyl carbamates (subject to hydrolysis) is 1. The van der Waals surface area contributed by atoms with Gasteiger partial charge < -0.3 is 20.5 Å². The smallest absolute Gasteiger partial charge is 0.408 e. The molecule has 1 amide bonds. The molecule has 1 aromatic rings. The summed E-state index contributed by atoms with van der Waals surface area (Å²) in [5.74, 6) is 0. The molecule has 0 aliphatic rings. The number of sulfonamides is 1. The van der Waals surface area contributed by atoms with Crippen LogP contribution in [0.5, 0.6) is 0 Å². The lowest BCUT2D eigenvalue weighted by molar-refractivity contribution is 0.0441. The van der Waals surface area contributed by atoms with E-state index in [4.69, 9.17) is 4.74 Å². The van der Waals surface area contributed by atoms with Gasteiger partial charge in [0.1, 0.15) is 10.5 Å². The highest BCUT2D eigenvalue weighted by Gasteiger charge is 2.31. The Balaban J connectivity index is 2.89. The summed E-state index contributed by atoms with van der Waals surface area (Å²) < 4.78 is 33.2. The summed E-state index contributed by atoms with van der Waals surface area (Å²) in [6.45, 7) is 9.22. The zero-order valence-corrected chi connectivity index (χ0v) is 18.8. The van der Waals surface area contributed by atoms with E-state index in [2.05, 4.69) is 14.9 Å². The topological polar surface area (TPSA) is 120 Å². The summed E-state index contributed by atoms with van der Waals surface area (Å²) in [6, 6.07) is 5.75. The molecule has 0 spiro atoms. The Morgan fingerprint density at radius 2 is 1.76 bits per heavy atom. The van der Waals surface area contributed by atoms with Crippen molar-refractivity contribution in [3.63, 3.8) is 0 Å². The molecule has 0 atom stereocenters. The molecule has 0 radical (unpaired) electrons. The standard InChI is InChI=1S/C19H32N3O6S/c1-7-19(8-2,21-17(23)28-18(3,4)5)13-14-20-29(25,26)16-12-10-9-11-15(16)22(24)27-6/h9-12,20H,7-8,13-14H2,1-6H3,(H,21,23)/q-1. The number of hydrogen-bond acceptors (Lipinski definition) is 7. The minimum atomic E-state index is -3.96. The minimum Gasteiger partial charge on any atom is -0.733 e. The van der Waals surface area contributed by atoms with Crippen molar-refractivity contribution in [2.24, 2.45) is 0 Å². The fourth-order valence-electron chi connectivity index (χ4n) is 2.80. The number of hydrogen-bond donors (Lipinski definition) is 2. The maximum absolute atomic E-state index is 12.7. The van der Waals surface area contributed by atoms with Crippen molar-refractivity contribution < 1.29 is 22.8 Å². The van der Waals surface area contributed by atoms with Gasteiger partial charge in [0.05, 0.1) is 12.8 Å². The Morgan fingerprint density at radius 1 is 1.17 bits per heavy atom. The van der Waals surface area contributed by atoms with Crippen LogP contribution in [0.15, 0.2) is 29.2 Å². The number of benzene rings is 1. The second kappa shape index (κ2) is 10.2. The summed E-state index contributed by atoms with van der Waals surface area (Å²) in [7, 11) is -2.80. The molecular weight excluding hydrogens is 398 g/mol. The van der Waals surface area contributed by atoms with Gasteiger partial charge in [-0.3, -0.25) is 4.84 Å². The first-order chi connectivity index (χ1) is 13.4. The quantitative estimate of drug-likeness (QED) is 0.546. The molecule has 0 aliphatic carbocycles. The van der Waals surface area contributed by atoms with Gasteiger partial charge in [0, 0.05) is 12.1 Å². The van der Waals surface area contributed by atoms with Gasteiger partial charge >= 0.3 is 6.09 Å². The molecule has 0 aliphatic heterocycles. The average molecular weight is 431 g/mol. The van der Waals surface area contributed by atoms with Crippen molar-refractivity contribution in [2.75, 3.05) is 18.9 Å². The Bertz CT molecular complexity index is 772. The minimum absolute atomic E-state index is 0.0694. The summed E-state index contributed by atoms with van der Waals surface area (Å²) >= 11 is 0. The number of carbonyl (C=O) groups excluding carboxylic acids is 1. The maximum Gasteiger partial charge on any atom is 0.408 e. The van der Waals surface area contributed by atoms with Gasteiger partial charge in [-0.1, -0.05) is 26.0 Å². The van der Waals surface area contributed by atoms with Crippen LogP contribution in [-0.2, 0) is 19.6 Å². The average Bonchev–Trinajstić information content (AvgIpc) is 2.64. The van der Waals surface area contributed by atoms with Crippen molar-refractivity contribution in [1.29, 1.82) is 0 Å². The van der Waals surface area contributed by atoms with Gasteiger partial charge in [0.2, 0.25) is 10.0 Å². The maximum atomic E-state index is 12.7. The molecule has 29 heavy (non-hydrogen) atoms. The molecule has 10 heteroatoms. The highest BCUT2D eigenvalue weighted by Crippen LogP contribution is 2.25. The molecule has 2 N–H and O–H groups in total. The normalized spacial score (nSPS) is 12.5. The van der Waals surface area contributed by atoms with Gasteiger partial charge in [-0.25, -0.2) is 17.9 Å². The molecular formula is C19H32N3O6S-. The molecule has 1 aromatic carbocycles. The van der Waals surface area contributed by atoms with Crippen molar-refractivity contribution >= 4 is 21.8 Å². The summed E-state index contributed by atoms with van der Waals surface area (Å²) in [4.78, 5) is 16.6. The zero-order chi connectivity index (χ0) is 22.3. The van der Waals surface area contributed by atoms with E-state index in [0.717, 1.165) is 7.11 Å². The highest BCUT2D eigenvalue weighted by atomic mass is 32.2. The van der Waals surface area contributed by atoms with Crippen molar-refractivity contribution in [3.05, 3.63) is 29.5 Å². The summed E-state index contributed by atoms with van der Waals surface area (Å²) in [5.41, 5.74) is -1.37. The van der Waals surface area contributed by atoms with E-state index < -0.39 is 27.3 Å². The van der Waals surface area contributed by atoms with E-state index in [9.17, 15) is 18.4 Å². The number of carbonyl (C=O) groups is 1. The van der Waals surface area contributed by atoms with Crippen LogP contribution in [0.4, 0.5) is 10.5 Å². The van der Waals surface area contributed by atoms with Crippen molar-refractivity contribution in [3.8, 4) is 0 Å². The number of rotatable bonds is 10. The molecule has 0 aromatic heterocycles. The molecule has 0 fully saturated rings. The Kier molecular flexibility index (Phi) is 8.88. The number of para-hydroxylation sites is 1. The molecule has 0 saturated carbocycles. The van der Waals surface area contributed by atoms with E-state index in [-0.39, 0.29) is 22.4 Å².